The highest BCUT2D eigenvalue weighted by Gasteiger charge is 2.39. The van der Waals surface area contributed by atoms with E-state index in [0.717, 1.165) is 17.3 Å². The molecule has 3 nitrogen and oxygen atoms in total. The maximum Gasteiger partial charge on any atom is 0.323 e. The highest BCUT2D eigenvalue weighted by molar-refractivity contribution is 7.16. The SMILES string of the molecule is CC1(C(=O)O)CC(c2ccc(Cl)s2)CCN1. The fraction of sp³-hybridized carbons (Fsp3) is 0.545. The summed E-state index contributed by atoms with van der Waals surface area (Å²) in [7, 11) is 0. The third-order valence-electron chi connectivity index (χ3n) is 3.13. The van der Waals surface area contributed by atoms with Crippen molar-refractivity contribution in [2.75, 3.05) is 6.54 Å². The highest BCUT2D eigenvalue weighted by atomic mass is 35.5. The van der Waals surface area contributed by atoms with Crippen molar-refractivity contribution in [1.29, 1.82) is 0 Å². The summed E-state index contributed by atoms with van der Waals surface area (Å²) in [5.74, 6) is -0.472. The van der Waals surface area contributed by atoms with Crippen LogP contribution in [0.15, 0.2) is 12.1 Å². The Kier molecular flexibility index (Phi) is 3.24. The lowest BCUT2D eigenvalue weighted by atomic mass is 9.82. The average molecular weight is 260 g/mol. The highest BCUT2D eigenvalue weighted by Crippen LogP contribution is 2.37. The lowest BCUT2D eigenvalue weighted by Crippen LogP contribution is -2.53. The normalized spacial score (nSPS) is 30.2. The Balaban J connectivity index is 2.16. The van der Waals surface area contributed by atoms with Crippen LogP contribution in [-0.2, 0) is 4.79 Å². The number of carboxylic acid groups (broad SMARTS) is 1. The molecule has 0 saturated carbocycles. The molecular weight excluding hydrogens is 246 g/mol. The van der Waals surface area contributed by atoms with Crippen LogP contribution < -0.4 is 5.32 Å². The van der Waals surface area contributed by atoms with Gasteiger partial charge in [-0.3, -0.25) is 4.79 Å². The number of aliphatic carboxylic acids is 1. The molecule has 0 aliphatic carbocycles. The molecule has 1 fully saturated rings. The van der Waals surface area contributed by atoms with Gasteiger partial charge in [0.15, 0.2) is 0 Å². The Labute approximate surface area is 103 Å². The number of carbonyl (C=O) groups is 1. The maximum atomic E-state index is 11.2. The quantitative estimate of drug-likeness (QED) is 0.859. The van der Waals surface area contributed by atoms with Crippen molar-refractivity contribution in [3.8, 4) is 0 Å². The van der Waals surface area contributed by atoms with E-state index in [9.17, 15) is 9.90 Å². The van der Waals surface area contributed by atoms with Crippen LogP contribution in [0.3, 0.4) is 0 Å². The molecule has 88 valence electrons. The molecule has 0 spiro atoms. The molecule has 0 bridgehead atoms. The van der Waals surface area contributed by atoms with Crippen LogP contribution in [0.4, 0.5) is 0 Å². The van der Waals surface area contributed by atoms with E-state index in [-0.39, 0.29) is 0 Å². The van der Waals surface area contributed by atoms with Gasteiger partial charge in [0.05, 0.1) is 4.34 Å². The van der Waals surface area contributed by atoms with Crippen molar-refractivity contribution in [2.24, 2.45) is 0 Å². The first-order valence-electron chi connectivity index (χ1n) is 5.25. The molecule has 2 N–H and O–H groups in total. The summed E-state index contributed by atoms with van der Waals surface area (Å²) < 4.78 is 0.769. The van der Waals surface area contributed by atoms with E-state index in [1.54, 1.807) is 18.3 Å². The molecule has 1 aromatic heterocycles. The van der Waals surface area contributed by atoms with Gasteiger partial charge >= 0.3 is 5.97 Å². The number of halogens is 1. The summed E-state index contributed by atoms with van der Waals surface area (Å²) in [5.41, 5.74) is -0.806. The summed E-state index contributed by atoms with van der Waals surface area (Å²) in [6.07, 6.45) is 1.60. The maximum absolute atomic E-state index is 11.2. The van der Waals surface area contributed by atoms with Gasteiger partial charge in [-0.25, -0.2) is 0 Å². The van der Waals surface area contributed by atoms with Gasteiger partial charge in [0.2, 0.25) is 0 Å². The predicted octanol–water partition coefficient (Wildman–Crippen LogP) is 2.71. The summed E-state index contributed by atoms with van der Waals surface area (Å²) in [6, 6.07) is 3.88. The van der Waals surface area contributed by atoms with Gasteiger partial charge in [-0.05, 0) is 44.4 Å². The van der Waals surface area contributed by atoms with E-state index in [1.165, 1.54) is 4.88 Å². The number of hydrogen-bond donors (Lipinski definition) is 2. The van der Waals surface area contributed by atoms with E-state index >= 15 is 0 Å². The lowest BCUT2D eigenvalue weighted by molar-refractivity contribution is -0.145. The first kappa shape index (κ1) is 11.9. The molecule has 2 unspecified atom stereocenters. The summed E-state index contributed by atoms with van der Waals surface area (Å²) in [6.45, 7) is 2.49. The van der Waals surface area contributed by atoms with Crippen LogP contribution in [-0.4, -0.2) is 23.2 Å². The second-order valence-corrected chi connectivity index (χ2v) is 6.14. The lowest BCUT2D eigenvalue weighted by Gasteiger charge is -2.35. The number of piperidine rings is 1. The minimum atomic E-state index is -0.806. The third kappa shape index (κ3) is 2.24. The molecular formula is C11H14ClNO2S. The summed E-state index contributed by atoms with van der Waals surface area (Å²) in [5, 5.41) is 12.3. The Bertz CT molecular complexity index is 406. The standard InChI is InChI=1S/C11H14ClNO2S/c1-11(10(14)15)6-7(4-5-13-11)8-2-3-9(12)16-8/h2-3,7,13H,4-6H2,1H3,(H,14,15). The van der Waals surface area contributed by atoms with Crippen LogP contribution >= 0.6 is 22.9 Å². The third-order valence-corrected chi connectivity index (χ3v) is 4.52. The van der Waals surface area contributed by atoms with E-state index in [0.29, 0.717) is 12.3 Å². The average Bonchev–Trinajstić information content (AvgIpc) is 2.65. The number of thiophene rings is 1. The van der Waals surface area contributed by atoms with Crippen LogP contribution in [0.5, 0.6) is 0 Å². The molecule has 0 amide bonds. The molecule has 1 aliphatic rings. The van der Waals surface area contributed by atoms with Crippen molar-refractivity contribution in [3.63, 3.8) is 0 Å². The van der Waals surface area contributed by atoms with Crippen LogP contribution in [0, 0.1) is 0 Å². The minimum Gasteiger partial charge on any atom is -0.480 e. The largest absolute Gasteiger partial charge is 0.480 e. The smallest absolute Gasteiger partial charge is 0.323 e. The molecule has 2 rings (SSSR count). The van der Waals surface area contributed by atoms with Crippen molar-refractivity contribution in [2.45, 2.75) is 31.2 Å². The van der Waals surface area contributed by atoms with E-state index in [1.807, 2.05) is 12.1 Å². The number of nitrogens with one attached hydrogen (secondary N) is 1. The van der Waals surface area contributed by atoms with Gasteiger partial charge in [0.25, 0.3) is 0 Å². The van der Waals surface area contributed by atoms with E-state index in [2.05, 4.69) is 5.32 Å². The second kappa shape index (κ2) is 4.35. The summed E-state index contributed by atoms with van der Waals surface area (Å²) >= 11 is 7.45. The zero-order valence-corrected chi connectivity index (χ0v) is 10.6. The molecule has 1 aromatic rings. The molecule has 2 heterocycles. The van der Waals surface area contributed by atoms with Gasteiger partial charge in [-0.1, -0.05) is 11.6 Å². The van der Waals surface area contributed by atoms with Gasteiger partial charge < -0.3 is 10.4 Å². The topological polar surface area (TPSA) is 49.3 Å². The molecule has 1 aliphatic heterocycles. The summed E-state index contributed by atoms with van der Waals surface area (Å²) in [4.78, 5) is 12.4. The molecule has 0 radical (unpaired) electrons. The first-order valence-corrected chi connectivity index (χ1v) is 6.44. The van der Waals surface area contributed by atoms with Gasteiger partial charge in [-0.2, -0.15) is 0 Å². The van der Waals surface area contributed by atoms with Crippen molar-refractivity contribution >= 4 is 28.9 Å². The van der Waals surface area contributed by atoms with Crippen molar-refractivity contribution < 1.29 is 9.90 Å². The van der Waals surface area contributed by atoms with E-state index < -0.39 is 11.5 Å². The molecule has 1 saturated heterocycles. The van der Waals surface area contributed by atoms with Crippen molar-refractivity contribution in [1.82, 2.24) is 5.32 Å². The first-order chi connectivity index (χ1) is 7.51. The van der Waals surface area contributed by atoms with Gasteiger partial charge in [-0.15, -0.1) is 11.3 Å². The van der Waals surface area contributed by atoms with E-state index in [4.69, 9.17) is 11.6 Å². The Hall–Kier alpha value is -0.580. The Morgan fingerprint density at radius 1 is 1.69 bits per heavy atom. The number of carboxylic acids is 1. The second-order valence-electron chi connectivity index (χ2n) is 4.40. The Morgan fingerprint density at radius 3 is 3.00 bits per heavy atom. The molecule has 0 aromatic carbocycles. The van der Waals surface area contributed by atoms with Crippen LogP contribution in [0.1, 0.15) is 30.6 Å². The monoisotopic (exact) mass is 259 g/mol. The molecule has 5 heteroatoms. The van der Waals surface area contributed by atoms with Gasteiger partial charge in [0, 0.05) is 4.88 Å². The fourth-order valence-corrected chi connectivity index (χ4v) is 3.34. The number of rotatable bonds is 2. The molecule has 2 atom stereocenters. The van der Waals surface area contributed by atoms with Crippen LogP contribution in [0.2, 0.25) is 4.34 Å². The zero-order chi connectivity index (χ0) is 11.8. The Morgan fingerprint density at radius 2 is 2.44 bits per heavy atom. The zero-order valence-electron chi connectivity index (χ0n) is 9.00. The van der Waals surface area contributed by atoms with Gasteiger partial charge in [0.1, 0.15) is 5.54 Å². The predicted molar refractivity (Wildman–Crippen MR) is 65.3 cm³/mol. The van der Waals surface area contributed by atoms with Crippen LogP contribution in [0.25, 0.3) is 0 Å². The minimum absolute atomic E-state index is 0.305. The number of hydrogen-bond acceptors (Lipinski definition) is 3. The van der Waals surface area contributed by atoms with Crippen molar-refractivity contribution in [3.05, 3.63) is 21.3 Å². The fourth-order valence-electron chi connectivity index (χ4n) is 2.14. The molecule has 16 heavy (non-hydrogen) atoms.